The van der Waals surface area contributed by atoms with Crippen LogP contribution in [-0.2, 0) is 14.6 Å². The maximum atomic E-state index is 12.4. The van der Waals surface area contributed by atoms with Crippen LogP contribution in [0.15, 0.2) is 53.4 Å². The molecule has 0 bridgehead atoms. The SMILES string of the molecule is C[C@@H]1N[S+](=O)([O-])c2cc(Cl)ccc2O[C@H]1c1ccccc1. The van der Waals surface area contributed by atoms with Gasteiger partial charge in [-0.2, -0.15) is 0 Å². The number of hydrogen-bond donors (Lipinski definition) is 1. The van der Waals surface area contributed by atoms with Crippen molar-refractivity contribution < 1.29 is 13.5 Å². The quantitative estimate of drug-likeness (QED) is 0.819. The Labute approximate surface area is 129 Å². The van der Waals surface area contributed by atoms with E-state index in [1.54, 1.807) is 19.1 Å². The fourth-order valence-corrected chi connectivity index (χ4v) is 4.04. The molecule has 1 aliphatic heterocycles. The molecule has 0 amide bonds. The molecule has 21 heavy (non-hydrogen) atoms. The Bertz CT molecular complexity index is 707. The summed E-state index contributed by atoms with van der Waals surface area (Å²) in [6, 6.07) is 13.7. The van der Waals surface area contributed by atoms with Crippen LogP contribution in [0.1, 0.15) is 18.6 Å². The second-order valence-electron chi connectivity index (χ2n) is 4.95. The molecule has 2 aromatic carbocycles. The summed E-state index contributed by atoms with van der Waals surface area (Å²) in [4.78, 5) is 0.0697. The van der Waals surface area contributed by atoms with Gasteiger partial charge in [0.05, 0.1) is 6.04 Å². The number of nitrogens with one attached hydrogen (secondary N) is 1. The number of sulfonamides is 1. The van der Waals surface area contributed by atoms with E-state index in [0.29, 0.717) is 10.8 Å². The fourth-order valence-electron chi connectivity index (χ4n) is 2.40. The molecule has 0 saturated heterocycles. The highest BCUT2D eigenvalue weighted by Gasteiger charge is 2.37. The first-order valence-corrected chi connectivity index (χ1v) is 8.37. The van der Waals surface area contributed by atoms with Crippen molar-refractivity contribution in [2.75, 3.05) is 0 Å². The molecule has 1 N–H and O–H groups in total. The van der Waals surface area contributed by atoms with Crippen molar-refractivity contribution >= 4 is 22.0 Å². The smallest absolute Gasteiger partial charge is 0.218 e. The van der Waals surface area contributed by atoms with E-state index in [4.69, 9.17) is 16.3 Å². The Balaban J connectivity index is 2.09. The normalized spacial score (nSPS) is 28.3. The van der Waals surface area contributed by atoms with Gasteiger partial charge in [-0.1, -0.05) is 46.1 Å². The van der Waals surface area contributed by atoms with Crippen LogP contribution in [0.4, 0.5) is 0 Å². The van der Waals surface area contributed by atoms with E-state index in [1.807, 2.05) is 30.3 Å². The van der Waals surface area contributed by atoms with Gasteiger partial charge in [0.1, 0.15) is 6.10 Å². The number of fused-ring (bicyclic) bond motifs is 1. The van der Waals surface area contributed by atoms with Crippen LogP contribution in [0.3, 0.4) is 0 Å². The van der Waals surface area contributed by atoms with Gasteiger partial charge in [0.2, 0.25) is 4.90 Å². The van der Waals surface area contributed by atoms with Crippen LogP contribution in [0.5, 0.6) is 5.75 Å². The van der Waals surface area contributed by atoms with E-state index in [0.717, 1.165) is 5.56 Å². The zero-order valence-corrected chi connectivity index (χ0v) is 12.9. The van der Waals surface area contributed by atoms with Gasteiger partial charge >= 0.3 is 0 Å². The summed E-state index contributed by atoms with van der Waals surface area (Å²) in [5.41, 5.74) is 0.913. The molecule has 0 saturated carbocycles. The lowest BCUT2D eigenvalue weighted by molar-refractivity contribution is 0.173. The fraction of sp³-hybridized carbons (Fsp3) is 0.200. The summed E-state index contributed by atoms with van der Waals surface area (Å²) in [7, 11) is -3.65. The number of rotatable bonds is 1. The third-order valence-electron chi connectivity index (χ3n) is 3.37. The Morgan fingerprint density at radius 2 is 1.95 bits per heavy atom. The average molecular weight is 324 g/mol. The highest BCUT2D eigenvalue weighted by atomic mass is 35.5. The highest BCUT2D eigenvalue weighted by Crippen LogP contribution is 2.37. The van der Waals surface area contributed by atoms with Crippen LogP contribution in [0.25, 0.3) is 0 Å². The Hall–Kier alpha value is -1.40. The molecule has 4 nitrogen and oxygen atoms in total. The van der Waals surface area contributed by atoms with Crippen LogP contribution in [0.2, 0.25) is 5.02 Å². The number of hydrogen-bond acceptors (Lipinski definition) is 3. The monoisotopic (exact) mass is 323 g/mol. The molecule has 0 radical (unpaired) electrons. The van der Waals surface area contributed by atoms with E-state index < -0.39 is 22.5 Å². The molecule has 0 aromatic heterocycles. The Kier molecular flexibility index (Phi) is 3.75. The van der Waals surface area contributed by atoms with Crippen molar-refractivity contribution in [1.82, 2.24) is 4.72 Å². The van der Waals surface area contributed by atoms with E-state index in [-0.39, 0.29) is 4.90 Å². The van der Waals surface area contributed by atoms with E-state index >= 15 is 0 Å². The van der Waals surface area contributed by atoms with Crippen LogP contribution >= 0.6 is 11.6 Å². The van der Waals surface area contributed by atoms with Gasteiger partial charge in [-0.15, -0.1) is 4.72 Å². The first kappa shape index (κ1) is 14.5. The molecular weight excluding hydrogens is 310 g/mol. The molecule has 110 valence electrons. The minimum atomic E-state index is -3.65. The van der Waals surface area contributed by atoms with Crippen molar-refractivity contribution in [2.45, 2.75) is 24.0 Å². The minimum Gasteiger partial charge on any atom is -0.593 e. The summed E-state index contributed by atoms with van der Waals surface area (Å²) in [5, 5.41) is 0.355. The molecule has 1 aliphatic rings. The maximum absolute atomic E-state index is 12.4. The molecule has 0 spiro atoms. The molecule has 3 rings (SSSR count). The van der Waals surface area contributed by atoms with Gasteiger partial charge < -0.3 is 9.29 Å². The van der Waals surface area contributed by atoms with E-state index in [2.05, 4.69) is 4.72 Å². The molecule has 6 heteroatoms. The van der Waals surface area contributed by atoms with E-state index in [9.17, 15) is 8.76 Å². The zero-order valence-electron chi connectivity index (χ0n) is 11.3. The first-order valence-electron chi connectivity index (χ1n) is 6.51. The average Bonchev–Trinajstić information content (AvgIpc) is 2.55. The predicted octanol–water partition coefficient (Wildman–Crippen LogP) is 3.36. The molecule has 1 unspecified atom stereocenters. The third-order valence-corrected chi connectivity index (χ3v) is 5.19. The molecule has 0 fully saturated rings. The van der Waals surface area contributed by atoms with Crippen molar-refractivity contribution in [3.05, 3.63) is 59.1 Å². The topological polar surface area (TPSA) is 61.4 Å². The van der Waals surface area contributed by atoms with Crippen molar-refractivity contribution in [1.29, 1.82) is 0 Å². The van der Waals surface area contributed by atoms with Crippen molar-refractivity contribution in [2.24, 2.45) is 0 Å². The van der Waals surface area contributed by atoms with Crippen LogP contribution < -0.4 is 9.46 Å². The number of halogens is 1. The van der Waals surface area contributed by atoms with Crippen molar-refractivity contribution in [3.63, 3.8) is 0 Å². The van der Waals surface area contributed by atoms with Gasteiger partial charge in [0, 0.05) is 11.1 Å². The molecular formula is C15H14ClNO3S. The Morgan fingerprint density at radius 1 is 1.24 bits per heavy atom. The molecule has 1 heterocycles. The Morgan fingerprint density at radius 3 is 2.67 bits per heavy atom. The maximum Gasteiger partial charge on any atom is 0.218 e. The zero-order chi connectivity index (χ0) is 15.0. The largest absolute Gasteiger partial charge is 0.593 e. The molecule has 2 aromatic rings. The van der Waals surface area contributed by atoms with Crippen molar-refractivity contribution in [3.8, 4) is 5.75 Å². The van der Waals surface area contributed by atoms with Gasteiger partial charge in [-0.05, 0) is 24.6 Å². The van der Waals surface area contributed by atoms with Gasteiger partial charge in [0.15, 0.2) is 16.1 Å². The molecule has 3 atom stereocenters. The second kappa shape index (κ2) is 5.42. The number of benzene rings is 2. The van der Waals surface area contributed by atoms with E-state index in [1.165, 1.54) is 6.07 Å². The lowest BCUT2D eigenvalue weighted by Gasteiger charge is -2.22. The lowest BCUT2D eigenvalue weighted by atomic mass is 10.0. The van der Waals surface area contributed by atoms with Gasteiger partial charge in [-0.3, -0.25) is 0 Å². The third kappa shape index (κ3) is 2.82. The summed E-state index contributed by atoms with van der Waals surface area (Å²) in [6.45, 7) is 1.78. The summed E-state index contributed by atoms with van der Waals surface area (Å²) in [6.07, 6.45) is -0.400. The number of ether oxygens (including phenoxy) is 1. The van der Waals surface area contributed by atoms with Gasteiger partial charge in [0.25, 0.3) is 0 Å². The first-order chi connectivity index (χ1) is 9.97. The van der Waals surface area contributed by atoms with Gasteiger partial charge in [-0.25, -0.2) is 0 Å². The van der Waals surface area contributed by atoms with Crippen LogP contribution in [0, 0.1) is 0 Å². The lowest BCUT2D eigenvalue weighted by Crippen LogP contribution is -2.39. The summed E-state index contributed by atoms with van der Waals surface area (Å²) in [5.74, 6) is 0.310. The summed E-state index contributed by atoms with van der Waals surface area (Å²) < 4.78 is 33.3. The van der Waals surface area contributed by atoms with Crippen LogP contribution in [-0.4, -0.2) is 10.6 Å². The molecule has 0 aliphatic carbocycles. The second-order valence-corrected chi connectivity index (χ2v) is 7.07. The highest BCUT2D eigenvalue weighted by molar-refractivity contribution is 7.96. The standard InChI is InChI=1S/C15H14ClNO3S/c1-10-15(11-5-3-2-4-6-11)20-13-8-7-12(16)9-14(13)21(18,19)17-10/h2-10,15H,1H3,(H-,17,18,19)/t10-,15+/m0/s1. The minimum absolute atomic E-state index is 0.0697. The summed E-state index contributed by atoms with van der Waals surface area (Å²) >= 11 is 5.90. The predicted molar refractivity (Wildman–Crippen MR) is 81.0 cm³/mol.